The fourth-order valence-electron chi connectivity index (χ4n) is 2.80. The lowest BCUT2D eigenvalue weighted by Gasteiger charge is -2.09. The zero-order chi connectivity index (χ0) is 20.6. The van der Waals surface area contributed by atoms with Crippen molar-refractivity contribution in [3.8, 4) is 22.1 Å². The molecule has 3 aromatic rings. The molecule has 0 aliphatic rings. The molecule has 0 saturated carbocycles. The van der Waals surface area contributed by atoms with Gasteiger partial charge in [0.25, 0.3) is 0 Å². The second-order valence-electron chi connectivity index (χ2n) is 6.35. The molecule has 0 saturated heterocycles. The number of aromatic nitrogens is 1. The normalized spacial score (nSPS) is 10.9. The van der Waals surface area contributed by atoms with E-state index in [0.29, 0.717) is 24.7 Å². The SMILES string of the molecule is CCOc1ccc(/C=C/C(=O)NCc2csc(-c3ccccc3C)n2)cc1OC. The van der Waals surface area contributed by atoms with Crippen molar-refractivity contribution in [3.05, 3.63) is 70.7 Å². The molecule has 1 heterocycles. The molecular formula is C23H24N2O3S. The van der Waals surface area contributed by atoms with Crippen molar-refractivity contribution in [1.29, 1.82) is 0 Å². The molecule has 6 heteroatoms. The van der Waals surface area contributed by atoms with Crippen molar-refractivity contribution in [2.45, 2.75) is 20.4 Å². The van der Waals surface area contributed by atoms with E-state index in [-0.39, 0.29) is 5.91 Å². The molecule has 0 bridgehead atoms. The lowest BCUT2D eigenvalue weighted by Crippen LogP contribution is -2.20. The maximum atomic E-state index is 12.2. The quantitative estimate of drug-likeness (QED) is 0.541. The van der Waals surface area contributed by atoms with Gasteiger partial charge in [-0.2, -0.15) is 0 Å². The number of methoxy groups -OCH3 is 1. The molecule has 0 spiro atoms. The van der Waals surface area contributed by atoms with Gasteiger partial charge in [0, 0.05) is 17.0 Å². The number of nitrogens with zero attached hydrogens (tertiary/aromatic N) is 1. The summed E-state index contributed by atoms with van der Waals surface area (Å²) in [5.74, 6) is 1.15. The Balaban J connectivity index is 1.58. The van der Waals surface area contributed by atoms with E-state index in [1.54, 1.807) is 24.5 Å². The Kier molecular flexibility index (Phi) is 7.03. The number of hydrogen-bond acceptors (Lipinski definition) is 5. The highest BCUT2D eigenvalue weighted by molar-refractivity contribution is 7.13. The van der Waals surface area contributed by atoms with Crippen molar-refractivity contribution in [2.75, 3.05) is 13.7 Å². The van der Waals surface area contributed by atoms with Gasteiger partial charge in [-0.1, -0.05) is 30.3 Å². The van der Waals surface area contributed by atoms with Crippen LogP contribution in [0.1, 0.15) is 23.7 Å². The van der Waals surface area contributed by atoms with Crippen molar-refractivity contribution in [2.24, 2.45) is 0 Å². The second-order valence-corrected chi connectivity index (χ2v) is 7.21. The smallest absolute Gasteiger partial charge is 0.244 e. The minimum absolute atomic E-state index is 0.178. The fourth-order valence-corrected chi connectivity index (χ4v) is 3.71. The third kappa shape index (κ3) is 5.45. The van der Waals surface area contributed by atoms with Gasteiger partial charge in [0.05, 0.1) is 26.0 Å². The van der Waals surface area contributed by atoms with Crippen LogP contribution in [0.15, 0.2) is 53.9 Å². The van der Waals surface area contributed by atoms with Crippen LogP contribution in [0, 0.1) is 6.92 Å². The first-order chi connectivity index (χ1) is 14.1. The second kappa shape index (κ2) is 9.89. The Hall–Kier alpha value is -3.12. The van der Waals surface area contributed by atoms with E-state index in [4.69, 9.17) is 9.47 Å². The minimum Gasteiger partial charge on any atom is -0.493 e. The summed E-state index contributed by atoms with van der Waals surface area (Å²) in [4.78, 5) is 16.8. The van der Waals surface area contributed by atoms with Crippen LogP contribution in [-0.4, -0.2) is 24.6 Å². The van der Waals surface area contributed by atoms with Gasteiger partial charge in [-0.15, -0.1) is 11.3 Å². The minimum atomic E-state index is -0.178. The first kappa shape index (κ1) is 20.6. The predicted molar refractivity (Wildman–Crippen MR) is 117 cm³/mol. The molecule has 0 aliphatic carbocycles. The van der Waals surface area contributed by atoms with Gasteiger partial charge in [-0.25, -0.2) is 4.98 Å². The standard InChI is InChI=1S/C23H24N2O3S/c1-4-28-20-11-9-17(13-21(20)27-3)10-12-22(26)24-14-18-15-29-23(25-18)19-8-6-5-7-16(19)2/h5-13,15H,4,14H2,1-3H3,(H,24,26)/b12-10+. The molecule has 0 aliphatic heterocycles. The van der Waals surface area contributed by atoms with Gasteiger partial charge in [-0.3, -0.25) is 4.79 Å². The Bertz CT molecular complexity index is 1010. The first-order valence-electron chi connectivity index (χ1n) is 9.38. The number of rotatable bonds is 8. The highest BCUT2D eigenvalue weighted by atomic mass is 32.1. The van der Waals surface area contributed by atoms with E-state index in [1.807, 2.05) is 42.6 Å². The van der Waals surface area contributed by atoms with Crippen molar-refractivity contribution in [3.63, 3.8) is 0 Å². The Morgan fingerprint density at radius 2 is 2.03 bits per heavy atom. The molecule has 29 heavy (non-hydrogen) atoms. The van der Waals surface area contributed by atoms with Crippen molar-refractivity contribution in [1.82, 2.24) is 10.3 Å². The van der Waals surface area contributed by atoms with Gasteiger partial charge >= 0.3 is 0 Å². The van der Waals surface area contributed by atoms with Crippen LogP contribution in [0.2, 0.25) is 0 Å². The average Bonchev–Trinajstić information content (AvgIpc) is 3.20. The van der Waals surface area contributed by atoms with Gasteiger partial charge < -0.3 is 14.8 Å². The number of ether oxygens (including phenoxy) is 2. The first-order valence-corrected chi connectivity index (χ1v) is 10.3. The molecule has 1 amide bonds. The highest BCUT2D eigenvalue weighted by Gasteiger charge is 2.08. The van der Waals surface area contributed by atoms with Crippen LogP contribution in [0.25, 0.3) is 16.6 Å². The maximum Gasteiger partial charge on any atom is 0.244 e. The number of thiazole rings is 1. The monoisotopic (exact) mass is 408 g/mol. The largest absolute Gasteiger partial charge is 0.493 e. The van der Waals surface area contributed by atoms with Crippen LogP contribution in [-0.2, 0) is 11.3 Å². The summed E-state index contributed by atoms with van der Waals surface area (Å²) >= 11 is 1.58. The molecule has 0 unspecified atom stereocenters. The number of nitrogens with one attached hydrogen (secondary N) is 1. The lowest BCUT2D eigenvalue weighted by atomic mass is 10.1. The molecule has 1 aromatic heterocycles. The number of hydrogen-bond donors (Lipinski definition) is 1. The molecule has 0 atom stereocenters. The lowest BCUT2D eigenvalue weighted by molar-refractivity contribution is -0.116. The highest BCUT2D eigenvalue weighted by Crippen LogP contribution is 2.28. The van der Waals surface area contributed by atoms with Crippen LogP contribution >= 0.6 is 11.3 Å². The van der Waals surface area contributed by atoms with Crippen LogP contribution < -0.4 is 14.8 Å². The Morgan fingerprint density at radius 3 is 2.79 bits per heavy atom. The van der Waals surface area contributed by atoms with E-state index >= 15 is 0 Å². The summed E-state index contributed by atoms with van der Waals surface area (Å²) in [6.45, 7) is 4.94. The van der Waals surface area contributed by atoms with E-state index in [9.17, 15) is 4.79 Å². The number of carbonyl (C=O) groups excluding carboxylic acids is 1. The Morgan fingerprint density at radius 1 is 1.21 bits per heavy atom. The summed E-state index contributed by atoms with van der Waals surface area (Å²) in [6.07, 6.45) is 3.25. The number of amides is 1. The van der Waals surface area contributed by atoms with Crippen molar-refractivity contribution < 1.29 is 14.3 Å². The van der Waals surface area contributed by atoms with Crippen LogP contribution in [0.5, 0.6) is 11.5 Å². The molecule has 150 valence electrons. The van der Waals surface area contributed by atoms with Crippen LogP contribution in [0.3, 0.4) is 0 Å². The van der Waals surface area contributed by atoms with E-state index in [1.165, 1.54) is 11.6 Å². The third-order valence-corrected chi connectivity index (χ3v) is 5.21. The van der Waals surface area contributed by atoms with Crippen molar-refractivity contribution >= 4 is 23.3 Å². The van der Waals surface area contributed by atoms with E-state index in [0.717, 1.165) is 21.8 Å². The molecule has 5 nitrogen and oxygen atoms in total. The maximum absolute atomic E-state index is 12.2. The van der Waals surface area contributed by atoms with Gasteiger partial charge in [0.2, 0.25) is 5.91 Å². The average molecular weight is 409 g/mol. The number of aryl methyl sites for hydroxylation is 1. The molecule has 0 fully saturated rings. The predicted octanol–water partition coefficient (Wildman–Crippen LogP) is 4.86. The van der Waals surface area contributed by atoms with Crippen LogP contribution in [0.4, 0.5) is 0 Å². The van der Waals surface area contributed by atoms with E-state index < -0.39 is 0 Å². The van der Waals surface area contributed by atoms with Gasteiger partial charge in [0.1, 0.15) is 5.01 Å². The third-order valence-electron chi connectivity index (χ3n) is 4.29. The zero-order valence-corrected chi connectivity index (χ0v) is 17.6. The summed E-state index contributed by atoms with van der Waals surface area (Å²) in [5, 5.41) is 5.81. The van der Waals surface area contributed by atoms with Gasteiger partial charge in [0.15, 0.2) is 11.5 Å². The fraction of sp³-hybridized carbons (Fsp3) is 0.217. The molecule has 1 N–H and O–H groups in total. The Labute approximate surface area is 175 Å². The molecular weight excluding hydrogens is 384 g/mol. The summed E-state index contributed by atoms with van der Waals surface area (Å²) in [6, 6.07) is 13.7. The molecule has 0 radical (unpaired) electrons. The summed E-state index contributed by atoms with van der Waals surface area (Å²) in [5.41, 5.74) is 4.01. The zero-order valence-electron chi connectivity index (χ0n) is 16.8. The molecule has 3 rings (SSSR count). The van der Waals surface area contributed by atoms with Gasteiger partial charge in [-0.05, 0) is 43.2 Å². The number of benzene rings is 2. The molecule has 2 aromatic carbocycles. The number of carbonyl (C=O) groups is 1. The van der Waals surface area contributed by atoms with E-state index in [2.05, 4.69) is 29.4 Å². The topological polar surface area (TPSA) is 60.5 Å². The summed E-state index contributed by atoms with van der Waals surface area (Å²) in [7, 11) is 1.59. The summed E-state index contributed by atoms with van der Waals surface area (Å²) < 4.78 is 10.8.